The Balaban J connectivity index is 2.25. The molecule has 0 radical (unpaired) electrons. The van der Waals surface area contributed by atoms with Gasteiger partial charge in [-0.2, -0.15) is 0 Å². The highest BCUT2D eigenvalue weighted by atomic mass is 35.5. The SMILES string of the molecule is CC(C)OCCOc1ccnc(Cl)c1. The first-order valence-corrected chi connectivity index (χ1v) is 4.92. The van der Waals surface area contributed by atoms with Gasteiger partial charge in [-0.05, 0) is 19.9 Å². The minimum absolute atomic E-state index is 0.236. The molecule has 0 amide bonds. The van der Waals surface area contributed by atoms with Crippen LogP contribution < -0.4 is 4.74 Å². The van der Waals surface area contributed by atoms with E-state index in [9.17, 15) is 0 Å². The molecule has 78 valence electrons. The standard InChI is InChI=1S/C10H14ClNO2/c1-8(2)13-5-6-14-9-3-4-12-10(11)7-9/h3-4,7-8H,5-6H2,1-2H3. The first kappa shape index (κ1) is 11.3. The van der Waals surface area contributed by atoms with Gasteiger partial charge in [0.15, 0.2) is 0 Å². The van der Waals surface area contributed by atoms with Gasteiger partial charge in [0.05, 0.1) is 12.7 Å². The van der Waals surface area contributed by atoms with E-state index in [0.29, 0.717) is 18.4 Å². The number of pyridine rings is 1. The van der Waals surface area contributed by atoms with E-state index in [2.05, 4.69) is 4.98 Å². The molecule has 0 fully saturated rings. The van der Waals surface area contributed by atoms with E-state index in [4.69, 9.17) is 21.1 Å². The van der Waals surface area contributed by atoms with Crippen molar-refractivity contribution in [1.29, 1.82) is 0 Å². The molecule has 0 bridgehead atoms. The molecule has 3 nitrogen and oxygen atoms in total. The lowest BCUT2D eigenvalue weighted by atomic mass is 10.4. The van der Waals surface area contributed by atoms with Crippen LogP contribution in [0, 0.1) is 0 Å². The van der Waals surface area contributed by atoms with Gasteiger partial charge in [-0.3, -0.25) is 0 Å². The summed E-state index contributed by atoms with van der Waals surface area (Å²) in [5, 5.41) is 0.437. The molecule has 0 saturated carbocycles. The van der Waals surface area contributed by atoms with Crippen molar-refractivity contribution < 1.29 is 9.47 Å². The van der Waals surface area contributed by atoms with E-state index >= 15 is 0 Å². The summed E-state index contributed by atoms with van der Waals surface area (Å²) in [6.45, 7) is 5.09. The summed E-state index contributed by atoms with van der Waals surface area (Å²) in [6, 6.07) is 3.44. The third-order valence-corrected chi connectivity index (χ3v) is 1.71. The molecule has 0 aromatic carbocycles. The molecule has 0 spiro atoms. The van der Waals surface area contributed by atoms with Gasteiger partial charge in [0.2, 0.25) is 0 Å². The molecule has 1 aromatic rings. The van der Waals surface area contributed by atoms with Gasteiger partial charge < -0.3 is 9.47 Å². The van der Waals surface area contributed by atoms with Crippen molar-refractivity contribution in [2.75, 3.05) is 13.2 Å². The van der Waals surface area contributed by atoms with Gasteiger partial charge in [0.25, 0.3) is 0 Å². The summed E-state index contributed by atoms with van der Waals surface area (Å²) in [5.41, 5.74) is 0. The predicted octanol–water partition coefficient (Wildman–Crippen LogP) is 2.54. The van der Waals surface area contributed by atoms with Crippen LogP contribution in [0.25, 0.3) is 0 Å². The number of ether oxygens (including phenoxy) is 2. The van der Waals surface area contributed by atoms with Gasteiger partial charge in [-0.1, -0.05) is 11.6 Å². The highest BCUT2D eigenvalue weighted by Crippen LogP contribution is 2.13. The monoisotopic (exact) mass is 215 g/mol. The van der Waals surface area contributed by atoms with Crippen molar-refractivity contribution in [2.24, 2.45) is 0 Å². The molecular weight excluding hydrogens is 202 g/mol. The topological polar surface area (TPSA) is 31.4 Å². The number of hydrogen-bond donors (Lipinski definition) is 0. The quantitative estimate of drug-likeness (QED) is 0.559. The number of hydrogen-bond acceptors (Lipinski definition) is 3. The molecule has 1 rings (SSSR count). The van der Waals surface area contributed by atoms with Crippen LogP contribution in [0.3, 0.4) is 0 Å². The van der Waals surface area contributed by atoms with Crippen molar-refractivity contribution in [2.45, 2.75) is 20.0 Å². The lowest BCUT2D eigenvalue weighted by molar-refractivity contribution is 0.0552. The molecule has 0 aliphatic carbocycles. The Bertz CT molecular complexity index is 279. The highest BCUT2D eigenvalue weighted by Gasteiger charge is 1.96. The first-order valence-electron chi connectivity index (χ1n) is 4.54. The maximum absolute atomic E-state index is 5.69. The van der Waals surface area contributed by atoms with Gasteiger partial charge >= 0.3 is 0 Å². The Labute approximate surface area is 89.0 Å². The van der Waals surface area contributed by atoms with E-state index in [0.717, 1.165) is 5.75 Å². The molecule has 4 heteroatoms. The zero-order valence-corrected chi connectivity index (χ0v) is 9.12. The average molecular weight is 216 g/mol. The summed E-state index contributed by atoms with van der Waals surface area (Å²) >= 11 is 5.69. The normalized spacial score (nSPS) is 10.6. The third kappa shape index (κ3) is 4.44. The Morgan fingerprint density at radius 3 is 2.86 bits per heavy atom. The van der Waals surface area contributed by atoms with Gasteiger partial charge in [0, 0.05) is 12.3 Å². The lowest BCUT2D eigenvalue weighted by Crippen LogP contribution is -2.11. The zero-order chi connectivity index (χ0) is 10.4. The van der Waals surface area contributed by atoms with Crippen LogP contribution in [0.2, 0.25) is 5.15 Å². The van der Waals surface area contributed by atoms with Crippen LogP contribution in [0.5, 0.6) is 5.75 Å². The number of halogens is 1. The van der Waals surface area contributed by atoms with Gasteiger partial charge in [-0.25, -0.2) is 4.98 Å². The van der Waals surface area contributed by atoms with Crippen LogP contribution >= 0.6 is 11.6 Å². The fourth-order valence-corrected chi connectivity index (χ4v) is 1.08. The number of nitrogens with zero attached hydrogens (tertiary/aromatic N) is 1. The largest absolute Gasteiger partial charge is 0.491 e. The second-order valence-corrected chi connectivity index (χ2v) is 3.47. The van der Waals surface area contributed by atoms with Gasteiger partial charge in [-0.15, -0.1) is 0 Å². The Kier molecular flexibility index (Phi) is 4.70. The molecule has 0 unspecified atom stereocenters. The van der Waals surface area contributed by atoms with Crippen molar-refractivity contribution in [3.05, 3.63) is 23.5 Å². The minimum Gasteiger partial charge on any atom is -0.491 e. The number of aromatic nitrogens is 1. The summed E-state index contributed by atoms with van der Waals surface area (Å²) in [6.07, 6.45) is 1.85. The van der Waals surface area contributed by atoms with E-state index in [1.807, 2.05) is 13.8 Å². The molecular formula is C10H14ClNO2. The van der Waals surface area contributed by atoms with Crippen molar-refractivity contribution >= 4 is 11.6 Å². The van der Waals surface area contributed by atoms with Crippen LogP contribution in [0.1, 0.15) is 13.8 Å². The highest BCUT2D eigenvalue weighted by molar-refractivity contribution is 6.29. The molecule has 14 heavy (non-hydrogen) atoms. The summed E-state index contributed by atoms with van der Waals surface area (Å²) in [7, 11) is 0. The Morgan fingerprint density at radius 1 is 1.43 bits per heavy atom. The van der Waals surface area contributed by atoms with Crippen molar-refractivity contribution in [3.8, 4) is 5.75 Å². The maximum atomic E-state index is 5.69. The number of rotatable bonds is 5. The van der Waals surface area contributed by atoms with Crippen LogP contribution in [0.4, 0.5) is 0 Å². The zero-order valence-electron chi connectivity index (χ0n) is 8.37. The second-order valence-electron chi connectivity index (χ2n) is 3.08. The van der Waals surface area contributed by atoms with E-state index < -0.39 is 0 Å². The summed E-state index contributed by atoms with van der Waals surface area (Å²) in [5.74, 6) is 0.720. The van der Waals surface area contributed by atoms with Crippen molar-refractivity contribution in [1.82, 2.24) is 4.98 Å². The van der Waals surface area contributed by atoms with E-state index in [1.54, 1.807) is 18.3 Å². The Morgan fingerprint density at radius 2 is 2.21 bits per heavy atom. The Hall–Kier alpha value is -0.800. The molecule has 1 aromatic heterocycles. The fraction of sp³-hybridized carbons (Fsp3) is 0.500. The molecule has 0 N–H and O–H groups in total. The lowest BCUT2D eigenvalue weighted by Gasteiger charge is -2.08. The van der Waals surface area contributed by atoms with E-state index in [1.165, 1.54) is 0 Å². The van der Waals surface area contributed by atoms with Gasteiger partial charge in [0.1, 0.15) is 17.5 Å². The fourth-order valence-electron chi connectivity index (χ4n) is 0.918. The molecule has 0 atom stereocenters. The second kappa shape index (κ2) is 5.83. The minimum atomic E-state index is 0.236. The molecule has 0 saturated heterocycles. The summed E-state index contributed by atoms with van der Waals surface area (Å²) in [4.78, 5) is 3.85. The molecule has 0 aliphatic heterocycles. The molecule has 1 heterocycles. The maximum Gasteiger partial charge on any atom is 0.132 e. The average Bonchev–Trinajstić information content (AvgIpc) is 2.12. The smallest absolute Gasteiger partial charge is 0.132 e. The van der Waals surface area contributed by atoms with E-state index in [-0.39, 0.29) is 6.10 Å². The van der Waals surface area contributed by atoms with Crippen LogP contribution in [0.15, 0.2) is 18.3 Å². The van der Waals surface area contributed by atoms with Crippen LogP contribution in [-0.4, -0.2) is 24.3 Å². The first-order chi connectivity index (χ1) is 6.68. The van der Waals surface area contributed by atoms with Crippen LogP contribution in [-0.2, 0) is 4.74 Å². The molecule has 0 aliphatic rings. The predicted molar refractivity (Wildman–Crippen MR) is 55.8 cm³/mol. The van der Waals surface area contributed by atoms with Crippen molar-refractivity contribution in [3.63, 3.8) is 0 Å². The third-order valence-electron chi connectivity index (χ3n) is 1.50. The summed E-state index contributed by atoms with van der Waals surface area (Å²) < 4.78 is 10.7.